The van der Waals surface area contributed by atoms with E-state index in [-0.39, 0.29) is 11.4 Å². The summed E-state index contributed by atoms with van der Waals surface area (Å²) in [6, 6.07) is 31.8. The van der Waals surface area contributed by atoms with Crippen LogP contribution in [0, 0.1) is 23.7 Å². The van der Waals surface area contributed by atoms with Gasteiger partial charge in [-0.3, -0.25) is 14.7 Å². The number of carboxylic acid groups (broad SMARTS) is 2. The quantitative estimate of drug-likeness (QED) is 0.176. The van der Waals surface area contributed by atoms with Gasteiger partial charge >= 0.3 is 11.9 Å². The van der Waals surface area contributed by atoms with Crippen molar-refractivity contribution >= 4 is 11.9 Å². The summed E-state index contributed by atoms with van der Waals surface area (Å²) in [6.07, 6.45) is 0. The topological polar surface area (TPSA) is 129 Å². The molecule has 5 aromatic rings. The smallest absolute Gasteiger partial charge is 0.354 e. The van der Waals surface area contributed by atoms with Crippen molar-refractivity contribution in [1.82, 2.24) is 24.7 Å². The Labute approximate surface area is 327 Å². The van der Waals surface area contributed by atoms with Crippen LogP contribution in [-0.4, -0.2) is 100 Å². The maximum absolute atomic E-state index is 12.1. The molecule has 1 fully saturated rings. The lowest BCUT2D eigenvalue weighted by atomic mass is 10.1. The van der Waals surface area contributed by atoms with E-state index in [2.05, 4.69) is 60.5 Å². The van der Waals surface area contributed by atoms with Crippen LogP contribution in [0.3, 0.4) is 0 Å². The first kappa shape index (κ1) is 39.2. The highest BCUT2D eigenvalue weighted by molar-refractivity contribution is 5.86. The first-order valence-corrected chi connectivity index (χ1v) is 18.2. The highest BCUT2D eigenvalue weighted by Crippen LogP contribution is 2.16. The Morgan fingerprint density at radius 3 is 1.29 bits per heavy atom. The number of nitrogens with zero attached hydrogens (tertiary/aromatic N) is 5. The number of ether oxygens (including phenoxy) is 2. The summed E-state index contributed by atoms with van der Waals surface area (Å²) >= 11 is 0. The van der Waals surface area contributed by atoms with E-state index in [1.165, 1.54) is 17.7 Å². The fraction of sp³-hybridized carbons (Fsp3) is 0.244. The second kappa shape index (κ2) is 19.2. The number of hydrogen-bond donors (Lipinski definition) is 2. The third-order valence-corrected chi connectivity index (χ3v) is 9.29. The minimum Gasteiger partial charge on any atom is -0.497 e. The van der Waals surface area contributed by atoms with Crippen LogP contribution in [0.4, 0.5) is 0 Å². The molecule has 2 N–H and O–H groups in total. The maximum atomic E-state index is 12.1. The highest BCUT2D eigenvalue weighted by atomic mass is 16.5. The standard InChI is InChI=1S/C45H43N5O6/c1-55-40-16-12-33(13-17-40)8-10-36-26-38(46-42(28-36)44(51)52)31-49-22-20-48(30-35-6-4-3-5-7-35)21-23-50(25-24-49)32-39-27-37(29-43(47-39)45(53)54)11-9-34-14-18-41(56-2)19-15-34/h3-7,12-19,26-29H,20-25,30-32H2,1-2H3,(H,51,52)(H,53,54). The molecule has 56 heavy (non-hydrogen) atoms. The minimum atomic E-state index is -1.12. The normalized spacial score (nSPS) is 13.8. The van der Waals surface area contributed by atoms with Gasteiger partial charge in [-0.2, -0.15) is 0 Å². The van der Waals surface area contributed by atoms with Gasteiger partial charge in [-0.15, -0.1) is 0 Å². The largest absolute Gasteiger partial charge is 0.497 e. The molecule has 0 amide bonds. The van der Waals surface area contributed by atoms with Crippen molar-refractivity contribution in [2.45, 2.75) is 19.6 Å². The highest BCUT2D eigenvalue weighted by Gasteiger charge is 2.20. The van der Waals surface area contributed by atoms with Gasteiger partial charge in [-0.1, -0.05) is 54.0 Å². The first-order valence-electron chi connectivity index (χ1n) is 18.2. The van der Waals surface area contributed by atoms with Gasteiger partial charge in [0.05, 0.1) is 25.6 Å². The van der Waals surface area contributed by atoms with Crippen molar-refractivity contribution in [1.29, 1.82) is 0 Å². The Bertz CT molecular complexity index is 2120. The van der Waals surface area contributed by atoms with E-state index in [1.54, 1.807) is 14.2 Å². The van der Waals surface area contributed by atoms with Crippen LogP contribution in [0.5, 0.6) is 11.5 Å². The number of pyridine rings is 2. The SMILES string of the molecule is COc1ccc(C#Cc2cc(CN3CCN(Cc4ccccc4)CCN(Cc4cc(C#Cc5ccc(OC)cc5)cc(C(=O)O)n4)CC3)nc(C(=O)O)c2)cc1. The van der Waals surface area contributed by atoms with E-state index >= 15 is 0 Å². The average molecular weight is 750 g/mol. The third kappa shape index (κ3) is 11.5. The van der Waals surface area contributed by atoms with Crippen molar-refractivity contribution in [2.75, 3.05) is 53.5 Å². The number of carboxylic acids is 2. The molecule has 11 nitrogen and oxygen atoms in total. The number of aromatic carboxylic acids is 2. The van der Waals surface area contributed by atoms with Crippen molar-refractivity contribution in [3.8, 4) is 35.2 Å². The van der Waals surface area contributed by atoms with Gasteiger partial charge in [0.1, 0.15) is 22.9 Å². The van der Waals surface area contributed by atoms with E-state index in [1.807, 2.05) is 78.9 Å². The molecule has 0 radical (unpaired) electrons. The Morgan fingerprint density at radius 2 is 0.911 bits per heavy atom. The zero-order chi connectivity index (χ0) is 39.3. The van der Waals surface area contributed by atoms with E-state index < -0.39 is 11.9 Å². The molecular weight excluding hydrogens is 707 g/mol. The molecule has 1 aliphatic heterocycles. The fourth-order valence-electron chi connectivity index (χ4n) is 6.30. The molecule has 0 unspecified atom stereocenters. The number of aromatic nitrogens is 2. The number of rotatable bonds is 10. The summed E-state index contributed by atoms with van der Waals surface area (Å²) in [6.45, 7) is 5.94. The van der Waals surface area contributed by atoms with E-state index in [0.29, 0.717) is 48.7 Å². The molecule has 0 bridgehead atoms. The molecule has 11 heteroatoms. The van der Waals surface area contributed by atoms with Gasteiger partial charge in [-0.25, -0.2) is 19.6 Å². The molecule has 0 saturated carbocycles. The summed E-state index contributed by atoms with van der Waals surface area (Å²) in [7, 11) is 3.21. The predicted octanol–water partition coefficient (Wildman–Crippen LogP) is 5.51. The predicted molar refractivity (Wildman–Crippen MR) is 213 cm³/mol. The zero-order valence-electron chi connectivity index (χ0n) is 31.4. The van der Waals surface area contributed by atoms with Crippen molar-refractivity contribution in [3.05, 3.63) is 154 Å². The lowest BCUT2D eigenvalue weighted by Gasteiger charge is -2.25. The Morgan fingerprint density at radius 1 is 0.536 bits per heavy atom. The summed E-state index contributed by atoms with van der Waals surface area (Å²) in [4.78, 5) is 40.2. The summed E-state index contributed by atoms with van der Waals surface area (Å²) in [5.41, 5.74) is 4.99. The van der Waals surface area contributed by atoms with Gasteiger partial charge in [0, 0.05) is 81.2 Å². The molecule has 0 atom stereocenters. The maximum Gasteiger partial charge on any atom is 0.354 e. The molecule has 3 aromatic carbocycles. The summed E-state index contributed by atoms with van der Waals surface area (Å²) in [5, 5.41) is 19.9. The van der Waals surface area contributed by atoms with Gasteiger partial charge in [-0.05, 0) is 78.4 Å². The first-order chi connectivity index (χ1) is 27.2. The van der Waals surface area contributed by atoms with Crippen LogP contribution in [-0.2, 0) is 19.6 Å². The van der Waals surface area contributed by atoms with Gasteiger partial charge in [0.2, 0.25) is 0 Å². The number of carbonyl (C=O) groups is 2. The van der Waals surface area contributed by atoms with E-state index in [9.17, 15) is 19.8 Å². The molecule has 0 spiro atoms. The van der Waals surface area contributed by atoms with Crippen LogP contribution in [0.15, 0.2) is 103 Å². The number of benzene rings is 3. The van der Waals surface area contributed by atoms with Crippen LogP contribution in [0.25, 0.3) is 0 Å². The van der Waals surface area contributed by atoms with Crippen molar-refractivity contribution in [2.24, 2.45) is 0 Å². The molecule has 0 aliphatic carbocycles. The Balaban J connectivity index is 1.24. The molecule has 6 rings (SSSR count). The van der Waals surface area contributed by atoms with Crippen LogP contribution < -0.4 is 9.47 Å². The molecular formula is C45H43N5O6. The lowest BCUT2D eigenvalue weighted by Crippen LogP contribution is -2.36. The van der Waals surface area contributed by atoms with Crippen LogP contribution in [0.2, 0.25) is 0 Å². The second-order valence-corrected chi connectivity index (χ2v) is 13.3. The third-order valence-electron chi connectivity index (χ3n) is 9.29. The molecule has 2 aromatic heterocycles. The number of hydrogen-bond acceptors (Lipinski definition) is 9. The molecule has 1 aliphatic rings. The Hall–Kier alpha value is -6.50. The molecule has 284 valence electrons. The van der Waals surface area contributed by atoms with E-state index in [0.717, 1.165) is 55.3 Å². The summed E-state index contributed by atoms with van der Waals surface area (Å²) < 4.78 is 10.5. The van der Waals surface area contributed by atoms with Gasteiger partial charge in [0.25, 0.3) is 0 Å². The fourth-order valence-corrected chi connectivity index (χ4v) is 6.30. The van der Waals surface area contributed by atoms with Crippen LogP contribution >= 0.6 is 0 Å². The number of methoxy groups -OCH3 is 2. The lowest BCUT2D eigenvalue weighted by molar-refractivity contribution is 0.0679. The molecule has 1 saturated heterocycles. The summed E-state index contributed by atoms with van der Waals surface area (Å²) in [5.74, 6) is 11.7. The molecule has 3 heterocycles. The average Bonchev–Trinajstić information content (AvgIpc) is 3.30. The Kier molecular flexibility index (Phi) is 13.4. The minimum absolute atomic E-state index is 0.0617. The van der Waals surface area contributed by atoms with Gasteiger partial charge < -0.3 is 19.7 Å². The monoisotopic (exact) mass is 749 g/mol. The second-order valence-electron chi connectivity index (χ2n) is 13.3. The van der Waals surface area contributed by atoms with Crippen LogP contribution in [0.1, 0.15) is 60.2 Å². The van der Waals surface area contributed by atoms with Crippen molar-refractivity contribution in [3.63, 3.8) is 0 Å². The van der Waals surface area contributed by atoms with Crippen molar-refractivity contribution < 1.29 is 29.3 Å². The zero-order valence-corrected chi connectivity index (χ0v) is 31.4. The van der Waals surface area contributed by atoms with E-state index in [4.69, 9.17) is 9.47 Å². The van der Waals surface area contributed by atoms with Gasteiger partial charge in [0.15, 0.2) is 0 Å².